The lowest BCUT2D eigenvalue weighted by Crippen LogP contribution is -2.35. The van der Waals surface area contributed by atoms with Crippen LogP contribution in [0.15, 0.2) is 18.2 Å². The van der Waals surface area contributed by atoms with Crippen molar-refractivity contribution in [1.82, 2.24) is 5.32 Å². The van der Waals surface area contributed by atoms with Crippen LogP contribution in [0, 0.1) is 5.82 Å². The molecule has 1 saturated carbocycles. The molecule has 0 saturated heterocycles. The molecular formula is C14H20FNO2. The second kappa shape index (κ2) is 6.16. The minimum absolute atomic E-state index is 0.276. The summed E-state index contributed by atoms with van der Waals surface area (Å²) >= 11 is 0. The molecular weight excluding hydrogens is 233 g/mol. The van der Waals surface area contributed by atoms with Crippen molar-refractivity contribution in [3.8, 4) is 5.75 Å². The number of aliphatic hydroxyl groups excluding tert-OH is 1. The van der Waals surface area contributed by atoms with Crippen LogP contribution in [0.25, 0.3) is 0 Å². The van der Waals surface area contributed by atoms with E-state index in [1.165, 1.54) is 6.07 Å². The van der Waals surface area contributed by atoms with Gasteiger partial charge in [0.1, 0.15) is 6.10 Å². The molecule has 3 nitrogen and oxygen atoms in total. The number of ether oxygens (including phenoxy) is 1. The lowest BCUT2D eigenvalue weighted by atomic mass is 9.95. The molecule has 0 radical (unpaired) electrons. The monoisotopic (exact) mass is 253 g/mol. The van der Waals surface area contributed by atoms with E-state index in [0.29, 0.717) is 6.54 Å². The number of nitrogens with one attached hydrogen (secondary N) is 1. The van der Waals surface area contributed by atoms with Crippen LogP contribution >= 0.6 is 0 Å². The Balaban J connectivity index is 2.16. The molecule has 0 amide bonds. The average molecular weight is 253 g/mol. The Morgan fingerprint density at radius 2 is 2.17 bits per heavy atom. The number of rotatable bonds is 4. The molecule has 0 spiro atoms. The van der Waals surface area contributed by atoms with Gasteiger partial charge in [0.05, 0.1) is 6.10 Å². The van der Waals surface area contributed by atoms with E-state index in [9.17, 15) is 9.50 Å². The van der Waals surface area contributed by atoms with Crippen molar-refractivity contribution in [2.75, 3.05) is 7.05 Å². The highest BCUT2D eigenvalue weighted by atomic mass is 19.1. The Morgan fingerprint density at radius 1 is 1.39 bits per heavy atom. The highest BCUT2D eigenvalue weighted by Gasteiger charge is 2.26. The molecule has 1 fully saturated rings. The van der Waals surface area contributed by atoms with Gasteiger partial charge in [-0.2, -0.15) is 0 Å². The first-order chi connectivity index (χ1) is 8.72. The number of hydrogen-bond acceptors (Lipinski definition) is 3. The van der Waals surface area contributed by atoms with E-state index >= 15 is 0 Å². The summed E-state index contributed by atoms with van der Waals surface area (Å²) in [6.45, 7) is 0.551. The molecule has 0 heterocycles. The number of benzene rings is 1. The molecule has 2 unspecified atom stereocenters. The summed E-state index contributed by atoms with van der Waals surface area (Å²) < 4.78 is 19.5. The summed E-state index contributed by atoms with van der Waals surface area (Å²) in [6.07, 6.45) is 2.79. The van der Waals surface area contributed by atoms with Crippen molar-refractivity contribution in [2.24, 2.45) is 0 Å². The predicted molar refractivity (Wildman–Crippen MR) is 68.1 cm³/mol. The van der Waals surface area contributed by atoms with E-state index in [-0.39, 0.29) is 17.7 Å². The van der Waals surface area contributed by atoms with Crippen molar-refractivity contribution in [1.29, 1.82) is 0 Å². The van der Waals surface area contributed by atoms with Gasteiger partial charge in [-0.1, -0.05) is 18.6 Å². The summed E-state index contributed by atoms with van der Waals surface area (Å²) in [4.78, 5) is 0. The zero-order valence-electron chi connectivity index (χ0n) is 10.7. The minimum atomic E-state index is -0.485. The van der Waals surface area contributed by atoms with Crippen LogP contribution in [0.2, 0.25) is 0 Å². The van der Waals surface area contributed by atoms with E-state index in [1.807, 2.05) is 13.1 Å². The zero-order chi connectivity index (χ0) is 13.0. The summed E-state index contributed by atoms with van der Waals surface area (Å²) in [6, 6.07) is 4.90. The van der Waals surface area contributed by atoms with Gasteiger partial charge in [0.2, 0.25) is 0 Å². The average Bonchev–Trinajstić information content (AvgIpc) is 2.36. The molecule has 1 aliphatic carbocycles. The van der Waals surface area contributed by atoms with Crippen LogP contribution in [0.4, 0.5) is 4.39 Å². The molecule has 1 aromatic carbocycles. The van der Waals surface area contributed by atoms with Crippen LogP contribution in [-0.2, 0) is 6.54 Å². The van der Waals surface area contributed by atoms with Gasteiger partial charge in [-0.3, -0.25) is 0 Å². The van der Waals surface area contributed by atoms with Gasteiger partial charge in [0.15, 0.2) is 11.6 Å². The molecule has 2 N–H and O–H groups in total. The molecule has 2 atom stereocenters. The normalized spacial score (nSPS) is 23.9. The van der Waals surface area contributed by atoms with Crippen molar-refractivity contribution in [3.05, 3.63) is 29.6 Å². The second-order valence-electron chi connectivity index (χ2n) is 4.77. The van der Waals surface area contributed by atoms with Gasteiger partial charge in [-0.15, -0.1) is 0 Å². The van der Waals surface area contributed by atoms with Crippen LogP contribution in [0.1, 0.15) is 31.2 Å². The van der Waals surface area contributed by atoms with Gasteiger partial charge >= 0.3 is 0 Å². The molecule has 4 heteroatoms. The van der Waals surface area contributed by atoms with E-state index in [2.05, 4.69) is 5.32 Å². The Morgan fingerprint density at radius 3 is 2.89 bits per heavy atom. The molecule has 0 aliphatic heterocycles. The molecule has 100 valence electrons. The van der Waals surface area contributed by atoms with E-state index in [1.54, 1.807) is 6.07 Å². The van der Waals surface area contributed by atoms with Crippen LogP contribution in [0.5, 0.6) is 5.75 Å². The van der Waals surface area contributed by atoms with Crippen LogP contribution in [0.3, 0.4) is 0 Å². The Hall–Kier alpha value is -1.13. The van der Waals surface area contributed by atoms with Gasteiger partial charge in [-0.25, -0.2) is 4.39 Å². The molecule has 0 aromatic heterocycles. The van der Waals surface area contributed by atoms with Crippen LogP contribution < -0.4 is 10.1 Å². The smallest absolute Gasteiger partial charge is 0.165 e. The first-order valence-electron chi connectivity index (χ1n) is 6.49. The van der Waals surface area contributed by atoms with Crippen LogP contribution in [-0.4, -0.2) is 24.4 Å². The number of aliphatic hydroxyl groups is 1. The van der Waals surface area contributed by atoms with Gasteiger partial charge in [-0.05, 0) is 32.4 Å². The topological polar surface area (TPSA) is 41.5 Å². The first-order valence-corrected chi connectivity index (χ1v) is 6.49. The highest BCUT2D eigenvalue weighted by molar-refractivity contribution is 5.35. The Kier molecular flexibility index (Phi) is 4.55. The summed E-state index contributed by atoms with van der Waals surface area (Å²) in [5.41, 5.74) is 0.787. The molecule has 0 bridgehead atoms. The van der Waals surface area contributed by atoms with Crippen molar-refractivity contribution < 1.29 is 14.2 Å². The quantitative estimate of drug-likeness (QED) is 0.864. The third-order valence-electron chi connectivity index (χ3n) is 3.35. The maximum absolute atomic E-state index is 13.8. The van der Waals surface area contributed by atoms with Gasteiger partial charge in [0.25, 0.3) is 0 Å². The molecule has 1 aromatic rings. The summed E-state index contributed by atoms with van der Waals surface area (Å²) in [5, 5.41) is 12.9. The maximum Gasteiger partial charge on any atom is 0.165 e. The van der Waals surface area contributed by atoms with Gasteiger partial charge in [0, 0.05) is 12.1 Å². The lowest BCUT2D eigenvalue weighted by molar-refractivity contribution is 0.00445. The van der Waals surface area contributed by atoms with Crippen molar-refractivity contribution in [3.63, 3.8) is 0 Å². The predicted octanol–water partition coefficient (Wildman–Crippen LogP) is 2.23. The minimum Gasteiger partial charge on any atom is -0.484 e. The second-order valence-corrected chi connectivity index (χ2v) is 4.77. The fourth-order valence-electron chi connectivity index (χ4n) is 2.38. The maximum atomic E-state index is 13.8. The third kappa shape index (κ3) is 3.00. The van der Waals surface area contributed by atoms with E-state index in [0.717, 1.165) is 31.2 Å². The lowest BCUT2D eigenvalue weighted by Gasteiger charge is -2.29. The number of halogens is 1. The number of para-hydroxylation sites is 1. The zero-order valence-corrected chi connectivity index (χ0v) is 10.7. The summed E-state index contributed by atoms with van der Waals surface area (Å²) in [7, 11) is 1.81. The largest absolute Gasteiger partial charge is 0.484 e. The van der Waals surface area contributed by atoms with E-state index < -0.39 is 6.10 Å². The standard InChI is InChI=1S/C14H20FNO2/c1-16-9-10-5-4-6-11(15)14(10)18-13-8-3-2-7-12(13)17/h4-6,12-13,16-17H,2-3,7-9H2,1H3. The molecule has 18 heavy (non-hydrogen) atoms. The fourth-order valence-corrected chi connectivity index (χ4v) is 2.38. The highest BCUT2D eigenvalue weighted by Crippen LogP contribution is 2.28. The first kappa shape index (κ1) is 13.3. The molecule has 1 aliphatic rings. The van der Waals surface area contributed by atoms with Crippen molar-refractivity contribution in [2.45, 2.75) is 44.4 Å². The Bertz CT molecular complexity index is 397. The summed E-state index contributed by atoms with van der Waals surface area (Å²) in [5.74, 6) is -0.0849. The fraction of sp³-hybridized carbons (Fsp3) is 0.571. The SMILES string of the molecule is CNCc1cccc(F)c1OC1CCCCC1O. The van der Waals surface area contributed by atoms with Gasteiger partial charge < -0.3 is 15.2 Å². The number of hydrogen-bond donors (Lipinski definition) is 2. The third-order valence-corrected chi connectivity index (χ3v) is 3.35. The molecule has 2 rings (SSSR count). The Labute approximate surface area is 107 Å². The van der Waals surface area contributed by atoms with E-state index in [4.69, 9.17) is 4.74 Å². The van der Waals surface area contributed by atoms with Crippen molar-refractivity contribution >= 4 is 0 Å².